The number of carboxylic acid groups (broad SMARTS) is 1. The Morgan fingerprint density at radius 1 is 1.47 bits per heavy atom. The molecule has 106 valence electrons. The van der Waals surface area contributed by atoms with Crippen molar-refractivity contribution < 1.29 is 19.0 Å². The Morgan fingerprint density at radius 3 is 2.58 bits per heavy atom. The molecule has 19 heavy (non-hydrogen) atoms. The molecule has 1 saturated carbocycles. The van der Waals surface area contributed by atoms with Gasteiger partial charge in [-0.15, -0.1) is 11.8 Å². The van der Waals surface area contributed by atoms with Gasteiger partial charge in [-0.1, -0.05) is 24.4 Å². The van der Waals surface area contributed by atoms with Crippen molar-refractivity contribution in [3.05, 3.63) is 23.0 Å². The van der Waals surface area contributed by atoms with Crippen molar-refractivity contribution in [1.82, 2.24) is 0 Å². The minimum absolute atomic E-state index is 0.238. The number of methoxy groups -OCH3 is 1. The van der Waals surface area contributed by atoms with Crippen molar-refractivity contribution in [2.45, 2.75) is 35.8 Å². The number of hydrogen-bond donors (Lipinski definition) is 1. The predicted molar refractivity (Wildman–Crippen MR) is 74.8 cm³/mol. The molecule has 0 aliphatic heterocycles. The van der Waals surface area contributed by atoms with Gasteiger partial charge in [0.25, 0.3) is 6.47 Å². The van der Waals surface area contributed by atoms with Gasteiger partial charge in [-0.05, 0) is 18.9 Å². The molecule has 0 spiro atoms. The Hall–Kier alpha value is -0.940. The van der Waals surface area contributed by atoms with Gasteiger partial charge in [0.05, 0.1) is 12.1 Å². The van der Waals surface area contributed by atoms with Gasteiger partial charge in [0.1, 0.15) is 11.6 Å². The summed E-state index contributed by atoms with van der Waals surface area (Å²) < 4.78 is 18.7. The van der Waals surface area contributed by atoms with Gasteiger partial charge in [-0.25, -0.2) is 4.39 Å². The van der Waals surface area contributed by atoms with Crippen molar-refractivity contribution >= 4 is 29.8 Å². The molecule has 0 saturated heterocycles. The molecule has 0 aromatic heterocycles. The van der Waals surface area contributed by atoms with Gasteiger partial charge >= 0.3 is 0 Å². The number of hydrogen-bond acceptors (Lipinski definition) is 3. The normalized spacial score (nSPS) is 14.7. The van der Waals surface area contributed by atoms with Crippen molar-refractivity contribution in [3.63, 3.8) is 0 Å². The number of rotatable bonds is 3. The highest BCUT2D eigenvalue weighted by Gasteiger charge is 2.19. The molecule has 1 aromatic carbocycles. The fourth-order valence-electron chi connectivity index (χ4n) is 1.94. The van der Waals surface area contributed by atoms with E-state index in [9.17, 15) is 4.39 Å². The van der Waals surface area contributed by atoms with E-state index in [1.165, 1.54) is 38.9 Å². The Morgan fingerprint density at radius 2 is 2.05 bits per heavy atom. The monoisotopic (exact) mass is 306 g/mol. The van der Waals surface area contributed by atoms with E-state index in [4.69, 9.17) is 26.2 Å². The molecule has 6 heteroatoms. The Balaban J connectivity index is 0.000000550. The zero-order valence-electron chi connectivity index (χ0n) is 10.6. The largest absolute Gasteiger partial charge is 0.495 e. The quantitative estimate of drug-likeness (QED) is 0.849. The second-order valence-corrected chi connectivity index (χ2v) is 5.80. The minimum Gasteiger partial charge on any atom is -0.495 e. The number of carbonyl (C=O) groups is 1. The van der Waals surface area contributed by atoms with Crippen molar-refractivity contribution in [2.75, 3.05) is 7.11 Å². The standard InChI is InChI=1S/C12H14ClFOS.CH2O2/c1-15-11-7-10(14)12(6-9(11)13)16-8-4-2-3-5-8;2-1-3/h6-8H,2-5H2,1H3;1H,(H,2,3). The summed E-state index contributed by atoms with van der Waals surface area (Å²) in [6.45, 7) is -0.250. The van der Waals surface area contributed by atoms with Gasteiger partial charge in [-0.2, -0.15) is 0 Å². The van der Waals surface area contributed by atoms with E-state index in [1.54, 1.807) is 17.8 Å². The first-order valence-electron chi connectivity index (χ1n) is 5.90. The van der Waals surface area contributed by atoms with Crippen molar-refractivity contribution in [2.24, 2.45) is 0 Å². The fraction of sp³-hybridized carbons (Fsp3) is 0.462. The third-order valence-electron chi connectivity index (χ3n) is 2.80. The number of ether oxygens (including phenoxy) is 1. The van der Waals surface area contributed by atoms with E-state index < -0.39 is 0 Å². The van der Waals surface area contributed by atoms with Gasteiger partial charge in [0.15, 0.2) is 0 Å². The van der Waals surface area contributed by atoms with Crippen LogP contribution in [0.1, 0.15) is 25.7 Å². The molecule has 0 amide bonds. The molecule has 2 rings (SSSR count). The van der Waals surface area contributed by atoms with Gasteiger partial charge in [0, 0.05) is 16.2 Å². The van der Waals surface area contributed by atoms with Crippen LogP contribution in [0.15, 0.2) is 17.0 Å². The summed E-state index contributed by atoms with van der Waals surface area (Å²) >= 11 is 7.58. The molecule has 1 aliphatic rings. The van der Waals surface area contributed by atoms with E-state index in [0.717, 1.165) is 0 Å². The summed E-state index contributed by atoms with van der Waals surface area (Å²) in [6, 6.07) is 3.03. The molecule has 0 unspecified atom stereocenters. The second kappa shape index (κ2) is 8.27. The fourth-order valence-corrected chi connectivity index (χ4v) is 3.53. The molecule has 3 nitrogen and oxygen atoms in total. The number of thioether (sulfide) groups is 1. The summed E-state index contributed by atoms with van der Waals surface area (Å²) in [5.41, 5.74) is 0. The zero-order valence-corrected chi connectivity index (χ0v) is 12.1. The van der Waals surface area contributed by atoms with E-state index in [-0.39, 0.29) is 12.3 Å². The Bertz CT molecular complexity index is 423. The topological polar surface area (TPSA) is 46.5 Å². The van der Waals surface area contributed by atoms with Crippen LogP contribution in [0.3, 0.4) is 0 Å². The summed E-state index contributed by atoms with van der Waals surface area (Å²) in [6.07, 6.45) is 4.86. The van der Waals surface area contributed by atoms with E-state index in [1.807, 2.05) is 0 Å². The van der Waals surface area contributed by atoms with Crippen molar-refractivity contribution in [3.8, 4) is 5.75 Å². The highest BCUT2D eigenvalue weighted by Crippen LogP contribution is 2.39. The van der Waals surface area contributed by atoms with Crippen LogP contribution in [-0.4, -0.2) is 23.9 Å². The average molecular weight is 307 g/mol. The maximum atomic E-state index is 13.7. The molecule has 0 heterocycles. The lowest BCUT2D eigenvalue weighted by Crippen LogP contribution is -1.96. The Labute approximate surface area is 121 Å². The van der Waals surface area contributed by atoms with E-state index in [0.29, 0.717) is 20.9 Å². The van der Waals surface area contributed by atoms with Crippen LogP contribution in [-0.2, 0) is 4.79 Å². The molecule has 0 bridgehead atoms. The highest BCUT2D eigenvalue weighted by molar-refractivity contribution is 8.00. The molecule has 0 atom stereocenters. The molecule has 1 fully saturated rings. The van der Waals surface area contributed by atoms with Crippen LogP contribution in [0.4, 0.5) is 4.39 Å². The smallest absolute Gasteiger partial charge is 0.290 e. The molecule has 1 aliphatic carbocycles. The lowest BCUT2D eigenvalue weighted by molar-refractivity contribution is -0.122. The third-order valence-corrected chi connectivity index (χ3v) is 4.47. The zero-order chi connectivity index (χ0) is 14.3. The minimum atomic E-state index is -0.250. The van der Waals surface area contributed by atoms with Gasteiger partial charge in [0.2, 0.25) is 0 Å². The molecule has 1 aromatic rings. The second-order valence-electron chi connectivity index (χ2n) is 4.05. The predicted octanol–water partition coefficient (Wildman–Crippen LogP) is 4.22. The highest BCUT2D eigenvalue weighted by atomic mass is 35.5. The van der Waals surface area contributed by atoms with E-state index in [2.05, 4.69) is 0 Å². The van der Waals surface area contributed by atoms with E-state index >= 15 is 0 Å². The molecule has 0 radical (unpaired) electrons. The summed E-state index contributed by atoms with van der Waals surface area (Å²) in [5.74, 6) is 0.160. The molecule has 1 N–H and O–H groups in total. The first-order valence-corrected chi connectivity index (χ1v) is 7.15. The summed E-state index contributed by atoms with van der Waals surface area (Å²) in [4.78, 5) is 9.00. The van der Waals surface area contributed by atoms with Gasteiger partial charge < -0.3 is 9.84 Å². The van der Waals surface area contributed by atoms with Crippen LogP contribution in [0.5, 0.6) is 5.75 Å². The van der Waals surface area contributed by atoms with Crippen LogP contribution < -0.4 is 4.74 Å². The third kappa shape index (κ3) is 4.91. The number of benzene rings is 1. The van der Waals surface area contributed by atoms with Crippen molar-refractivity contribution in [1.29, 1.82) is 0 Å². The number of halogens is 2. The lowest BCUT2D eigenvalue weighted by Gasteiger charge is -2.11. The van der Waals surface area contributed by atoms with Crippen LogP contribution in [0.25, 0.3) is 0 Å². The lowest BCUT2D eigenvalue weighted by atomic mass is 10.3. The van der Waals surface area contributed by atoms with Gasteiger partial charge in [-0.3, -0.25) is 4.79 Å². The SMILES string of the molecule is COc1cc(F)c(SC2CCCC2)cc1Cl.O=CO. The van der Waals surface area contributed by atoms with Crippen LogP contribution >= 0.6 is 23.4 Å². The molecular weight excluding hydrogens is 291 g/mol. The maximum absolute atomic E-state index is 13.7. The first-order chi connectivity index (χ1) is 9.12. The average Bonchev–Trinajstić information content (AvgIpc) is 2.87. The first kappa shape index (κ1) is 16.1. The Kier molecular flexibility index (Phi) is 7.02. The summed E-state index contributed by atoms with van der Waals surface area (Å²) in [5, 5.41) is 7.91. The van der Waals surface area contributed by atoms with Crippen LogP contribution in [0.2, 0.25) is 5.02 Å². The van der Waals surface area contributed by atoms with Crippen LogP contribution in [0, 0.1) is 5.82 Å². The molecular formula is C13H16ClFO3S. The summed E-state index contributed by atoms with van der Waals surface area (Å²) in [7, 11) is 1.49. The maximum Gasteiger partial charge on any atom is 0.290 e.